The van der Waals surface area contributed by atoms with E-state index in [1.165, 1.54) is 32.5 Å². The van der Waals surface area contributed by atoms with E-state index >= 15 is 0 Å². The summed E-state index contributed by atoms with van der Waals surface area (Å²) in [5, 5.41) is 0. The zero-order valence-electron chi connectivity index (χ0n) is 7.29. The lowest BCUT2D eigenvalue weighted by Gasteiger charge is -2.35. The first-order chi connectivity index (χ1) is 5.20. The van der Waals surface area contributed by atoms with E-state index < -0.39 is 0 Å². The Morgan fingerprint density at radius 1 is 1.27 bits per heavy atom. The Kier molecular flexibility index (Phi) is 1.67. The standard InChI is InChI=1S/C8H18N3/c1-10-4-7-11(9)5-2-8(10)3-6-11/h8H,2-7,9H2,1H3/q+1. The summed E-state index contributed by atoms with van der Waals surface area (Å²) in [4.78, 5) is 2.47. The number of fused-ring (bicyclic) bond motifs is 4. The lowest BCUT2D eigenvalue weighted by atomic mass is 10.1. The van der Waals surface area contributed by atoms with Crippen molar-refractivity contribution < 1.29 is 4.59 Å². The first-order valence-corrected chi connectivity index (χ1v) is 4.55. The van der Waals surface area contributed by atoms with Gasteiger partial charge in [0, 0.05) is 25.4 Å². The van der Waals surface area contributed by atoms with Crippen molar-refractivity contribution in [2.24, 2.45) is 5.84 Å². The number of hydrogen-bond donors (Lipinski definition) is 1. The minimum Gasteiger partial charge on any atom is -0.297 e. The van der Waals surface area contributed by atoms with Gasteiger partial charge in [0.05, 0.1) is 13.1 Å². The molecule has 3 heteroatoms. The largest absolute Gasteiger partial charge is 0.297 e. The summed E-state index contributed by atoms with van der Waals surface area (Å²) >= 11 is 0. The molecule has 0 unspecified atom stereocenters. The maximum atomic E-state index is 6.17. The summed E-state index contributed by atoms with van der Waals surface area (Å²) in [6.07, 6.45) is 2.60. The lowest BCUT2D eigenvalue weighted by Crippen LogP contribution is -2.58. The molecule has 0 saturated carbocycles. The monoisotopic (exact) mass is 156 g/mol. The molecule has 0 radical (unpaired) electrons. The van der Waals surface area contributed by atoms with Crippen LogP contribution in [0.5, 0.6) is 0 Å². The van der Waals surface area contributed by atoms with Crippen molar-refractivity contribution in [3.05, 3.63) is 0 Å². The molecule has 3 aliphatic heterocycles. The van der Waals surface area contributed by atoms with Gasteiger partial charge in [-0.3, -0.25) is 4.90 Å². The molecule has 2 N–H and O–H groups in total. The van der Waals surface area contributed by atoms with Gasteiger partial charge in [0.25, 0.3) is 0 Å². The first-order valence-electron chi connectivity index (χ1n) is 4.55. The summed E-state index contributed by atoms with van der Waals surface area (Å²) < 4.78 is 0.834. The molecule has 3 aliphatic rings. The van der Waals surface area contributed by atoms with E-state index in [2.05, 4.69) is 11.9 Å². The molecule has 0 aromatic rings. The zero-order chi connectivity index (χ0) is 7.90. The molecular formula is C8H18N3+. The number of hydrogen-bond acceptors (Lipinski definition) is 2. The molecule has 0 aromatic heterocycles. The van der Waals surface area contributed by atoms with Crippen LogP contribution in [0.25, 0.3) is 0 Å². The van der Waals surface area contributed by atoms with Crippen LogP contribution in [0.1, 0.15) is 12.8 Å². The van der Waals surface area contributed by atoms with Gasteiger partial charge in [-0.2, -0.15) is 5.84 Å². The van der Waals surface area contributed by atoms with Gasteiger partial charge in [-0.05, 0) is 7.05 Å². The summed E-state index contributed by atoms with van der Waals surface area (Å²) in [6.45, 7) is 4.71. The molecule has 3 saturated heterocycles. The van der Waals surface area contributed by atoms with Crippen LogP contribution in [-0.4, -0.2) is 48.8 Å². The van der Waals surface area contributed by atoms with E-state index in [1.807, 2.05) is 0 Å². The van der Waals surface area contributed by atoms with E-state index in [9.17, 15) is 0 Å². The second kappa shape index (κ2) is 2.44. The summed E-state index contributed by atoms with van der Waals surface area (Å²) in [5.74, 6) is 6.17. The molecule has 0 atom stereocenters. The zero-order valence-corrected chi connectivity index (χ0v) is 7.29. The van der Waals surface area contributed by atoms with Crippen molar-refractivity contribution in [1.82, 2.24) is 4.90 Å². The van der Waals surface area contributed by atoms with Crippen molar-refractivity contribution in [2.75, 3.05) is 33.2 Å². The average Bonchev–Trinajstić information content (AvgIpc) is 2.21. The first kappa shape index (κ1) is 7.53. The maximum absolute atomic E-state index is 6.17. The highest BCUT2D eigenvalue weighted by Crippen LogP contribution is 2.22. The smallest absolute Gasteiger partial charge is 0.109 e. The van der Waals surface area contributed by atoms with Gasteiger partial charge in [0.2, 0.25) is 0 Å². The molecule has 0 aliphatic carbocycles. The number of likely N-dealkylation sites (N-methyl/N-ethyl adjacent to an activating group) is 1. The van der Waals surface area contributed by atoms with Crippen LogP contribution < -0.4 is 5.84 Å². The molecule has 3 heterocycles. The predicted octanol–water partition coefficient (Wildman–Crippen LogP) is -0.215. The molecule has 2 bridgehead atoms. The Hall–Kier alpha value is -0.120. The van der Waals surface area contributed by atoms with Crippen molar-refractivity contribution in [2.45, 2.75) is 18.9 Å². The highest BCUT2D eigenvalue weighted by molar-refractivity contribution is 4.75. The Morgan fingerprint density at radius 3 is 2.55 bits per heavy atom. The summed E-state index contributed by atoms with van der Waals surface area (Å²) in [7, 11) is 2.23. The average molecular weight is 156 g/mol. The van der Waals surface area contributed by atoms with E-state index in [0.717, 1.165) is 17.2 Å². The lowest BCUT2D eigenvalue weighted by molar-refractivity contribution is -0.940. The highest BCUT2D eigenvalue weighted by Gasteiger charge is 2.36. The molecule has 0 aromatic carbocycles. The van der Waals surface area contributed by atoms with Crippen LogP contribution in [0, 0.1) is 0 Å². The van der Waals surface area contributed by atoms with Gasteiger partial charge in [-0.15, -0.1) is 0 Å². The molecule has 0 amide bonds. The number of quaternary nitrogens is 1. The molecule has 3 rings (SSSR count). The Bertz CT molecular complexity index is 149. The fourth-order valence-corrected chi connectivity index (χ4v) is 2.27. The van der Waals surface area contributed by atoms with Gasteiger partial charge in [0.1, 0.15) is 6.54 Å². The summed E-state index contributed by atoms with van der Waals surface area (Å²) in [5.41, 5.74) is 0. The van der Waals surface area contributed by atoms with Crippen LogP contribution in [0.3, 0.4) is 0 Å². The SMILES string of the molecule is CN1CC[N+]2(N)CCC1CC2. The second-order valence-corrected chi connectivity index (χ2v) is 4.10. The molecular weight excluding hydrogens is 138 g/mol. The van der Waals surface area contributed by atoms with Crippen LogP contribution in [0.15, 0.2) is 0 Å². The highest BCUT2D eigenvalue weighted by atomic mass is 15.6. The second-order valence-electron chi connectivity index (χ2n) is 4.10. The minimum absolute atomic E-state index is 0.826. The van der Waals surface area contributed by atoms with Gasteiger partial charge >= 0.3 is 0 Å². The van der Waals surface area contributed by atoms with E-state index in [-0.39, 0.29) is 0 Å². The minimum atomic E-state index is 0.826. The van der Waals surface area contributed by atoms with Gasteiger partial charge in [0.15, 0.2) is 0 Å². The molecule has 3 fully saturated rings. The Balaban J connectivity index is 2.14. The number of nitrogens with two attached hydrogens (primary N) is 1. The normalized spacial score (nSPS) is 45.8. The quantitative estimate of drug-likeness (QED) is 0.388. The van der Waals surface area contributed by atoms with Crippen LogP contribution in [0.2, 0.25) is 0 Å². The van der Waals surface area contributed by atoms with Gasteiger partial charge < -0.3 is 0 Å². The Morgan fingerprint density at radius 2 is 1.91 bits per heavy atom. The van der Waals surface area contributed by atoms with E-state index in [4.69, 9.17) is 5.84 Å². The Labute approximate surface area is 68.3 Å². The van der Waals surface area contributed by atoms with Gasteiger partial charge in [-0.1, -0.05) is 0 Å². The van der Waals surface area contributed by atoms with Crippen molar-refractivity contribution in [1.29, 1.82) is 0 Å². The van der Waals surface area contributed by atoms with Crippen molar-refractivity contribution in [3.8, 4) is 0 Å². The number of nitrogens with zero attached hydrogens (tertiary/aromatic N) is 2. The van der Waals surface area contributed by atoms with E-state index in [1.54, 1.807) is 0 Å². The molecule has 0 spiro atoms. The number of piperidine rings is 1. The van der Waals surface area contributed by atoms with Crippen LogP contribution in [-0.2, 0) is 0 Å². The number of rotatable bonds is 0. The topological polar surface area (TPSA) is 29.3 Å². The molecule has 3 nitrogen and oxygen atoms in total. The van der Waals surface area contributed by atoms with Gasteiger partial charge in [-0.25, -0.2) is 4.59 Å². The van der Waals surface area contributed by atoms with Crippen molar-refractivity contribution >= 4 is 0 Å². The third-order valence-corrected chi connectivity index (χ3v) is 3.34. The van der Waals surface area contributed by atoms with Crippen LogP contribution >= 0.6 is 0 Å². The molecule has 11 heavy (non-hydrogen) atoms. The van der Waals surface area contributed by atoms with Crippen LogP contribution in [0.4, 0.5) is 0 Å². The van der Waals surface area contributed by atoms with E-state index in [0.29, 0.717) is 0 Å². The third kappa shape index (κ3) is 1.28. The summed E-state index contributed by atoms with van der Waals surface area (Å²) in [6, 6.07) is 0.826. The fourth-order valence-electron chi connectivity index (χ4n) is 2.27. The fraction of sp³-hybridized carbons (Fsp3) is 1.00. The molecule has 64 valence electrons. The maximum Gasteiger partial charge on any atom is 0.109 e. The predicted molar refractivity (Wildman–Crippen MR) is 44.7 cm³/mol. The van der Waals surface area contributed by atoms with Crippen molar-refractivity contribution in [3.63, 3.8) is 0 Å². The third-order valence-electron chi connectivity index (χ3n) is 3.34.